The molecule has 1 aliphatic carbocycles. The zero-order valence-corrected chi connectivity index (χ0v) is 12.2. The normalized spacial score (nSPS) is 16.6. The van der Waals surface area contributed by atoms with Crippen LogP contribution in [0.15, 0.2) is 0 Å². The lowest BCUT2D eigenvalue weighted by Crippen LogP contribution is -2.47. The maximum absolute atomic E-state index is 12.2. The number of methoxy groups -OCH3 is 2. The molecule has 0 aromatic carbocycles. The summed E-state index contributed by atoms with van der Waals surface area (Å²) >= 11 is 1.63. The number of hydrogen-bond donors (Lipinski definition) is 0. The summed E-state index contributed by atoms with van der Waals surface area (Å²) in [5.41, 5.74) is -1.09. The van der Waals surface area contributed by atoms with Crippen LogP contribution < -0.4 is 0 Å². The number of carbonyl (C=O) groups excluding carboxylic acids is 2. The molecule has 0 aromatic heterocycles. The highest BCUT2D eigenvalue weighted by molar-refractivity contribution is 7.98. The summed E-state index contributed by atoms with van der Waals surface area (Å²) in [6, 6.07) is 0. The van der Waals surface area contributed by atoms with Gasteiger partial charge in [-0.3, -0.25) is 9.59 Å². The second-order valence-corrected chi connectivity index (χ2v) is 5.66. The first kappa shape index (κ1) is 15.3. The molecular formula is C13H22O4S. The van der Waals surface area contributed by atoms with Gasteiger partial charge in [0.15, 0.2) is 5.41 Å². The molecule has 18 heavy (non-hydrogen) atoms. The van der Waals surface area contributed by atoms with E-state index in [9.17, 15) is 9.59 Å². The van der Waals surface area contributed by atoms with Gasteiger partial charge in [-0.25, -0.2) is 0 Å². The molecule has 0 unspecified atom stereocenters. The average Bonchev–Trinajstić information content (AvgIpc) is 2.93. The lowest BCUT2D eigenvalue weighted by Gasteiger charge is -2.33. The van der Waals surface area contributed by atoms with Crippen molar-refractivity contribution in [1.82, 2.24) is 0 Å². The van der Waals surface area contributed by atoms with Gasteiger partial charge in [-0.05, 0) is 37.2 Å². The van der Waals surface area contributed by atoms with E-state index in [2.05, 4.69) is 0 Å². The van der Waals surface area contributed by atoms with Crippen LogP contribution in [-0.4, -0.2) is 38.2 Å². The molecule has 104 valence electrons. The number of rotatable bonds is 6. The summed E-state index contributed by atoms with van der Waals surface area (Å²) in [5.74, 6) is -0.0594. The summed E-state index contributed by atoms with van der Waals surface area (Å²) in [5, 5.41) is 0. The molecule has 4 nitrogen and oxygen atoms in total. The molecule has 5 heteroatoms. The Morgan fingerprint density at radius 2 is 1.67 bits per heavy atom. The molecule has 0 radical (unpaired) electrons. The molecule has 0 aliphatic heterocycles. The SMILES string of the molecule is COC(=O)C(CCSC)(C(=O)OC)C1CCCC1. The van der Waals surface area contributed by atoms with Crippen LogP contribution in [0.1, 0.15) is 32.1 Å². The van der Waals surface area contributed by atoms with Gasteiger partial charge in [-0.15, -0.1) is 0 Å². The highest BCUT2D eigenvalue weighted by atomic mass is 32.2. The van der Waals surface area contributed by atoms with E-state index in [4.69, 9.17) is 9.47 Å². The van der Waals surface area contributed by atoms with Crippen LogP contribution in [0, 0.1) is 11.3 Å². The first-order valence-electron chi connectivity index (χ1n) is 6.29. The Kier molecular flexibility index (Phi) is 5.99. The minimum atomic E-state index is -1.09. The van der Waals surface area contributed by atoms with Crippen molar-refractivity contribution in [3.05, 3.63) is 0 Å². The van der Waals surface area contributed by atoms with E-state index in [0.717, 1.165) is 31.4 Å². The summed E-state index contributed by atoms with van der Waals surface area (Å²) < 4.78 is 9.80. The Morgan fingerprint density at radius 1 is 1.17 bits per heavy atom. The molecule has 0 atom stereocenters. The van der Waals surface area contributed by atoms with Gasteiger partial charge in [0.2, 0.25) is 0 Å². The van der Waals surface area contributed by atoms with Crippen LogP contribution in [0.2, 0.25) is 0 Å². The van der Waals surface area contributed by atoms with Crippen molar-refractivity contribution in [1.29, 1.82) is 0 Å². The van der Waals surface area contributed by atoms with E-state index in [1.807, 2.05) is 6.26 Å². The molecule has 1 fully saturated rings. The number of thioether (sulfide) groups is 1. The molecule has 1 saturated carbocycles. The van der Waals surface area contributed by atoms with Gasteiger partial charge in [0.05, 0.1) is 14.2 Å². The Hall–Kier alpha value is -0.710. The van der Waals surface area contributed by atoms with Crippen LogP contribution in [0.4, 0.5) is 0 Å². The third-order valence-electron chi connectivity index (χ3n) is 3.85. The van der Waals surface area contributed by atoms with Gasteiger partial charge in [0, 0.05) is 0 Å². The van der Waals surface area contributed by atoms with Gasteiger partial charge < -0.3 is 9.47 Å². The van der Waals surface area contributed by atoms with Gasteiger partial charge in [0.25, 0.3) is 0 Å². The minimum absolute atomic E-state index is 0.0598. The van der Waals surface area contributed by atoms with E-state index >= 15 is 0 Å². The van der Waals surface area contributed by atoms with Crippen LogP contribution >= 0.6 is 11.8 Å². The molecule has 1 rings (SSSR count). The van der Waals surface area contributed by atoms with Gasteiger partial charge >= 0.3 is 11.9 Å². The molecule has 0 amide bonds. The Bertz CT molecular complexity index is 281. The molecule has 0 aromatic rings. The van der Waals surface area contributed by atoms with Crippen molar-refractivity contribution in [3.8, 4) is 0 Å². The molecule has 0 heterocycles. The smallest absolute Gasteiger partial charge is 0.323 e. The third-order valence-corrected chi connectivity index (χ3v) is 4.46. The monoisotopic (exact) mass is 274 g/mol. The van der Waals surface area contributed by atoms with E-state index < -0.39 is 17.4 Å². The molecule has 1 aliphatic rings. The predicted octanol–water partition coefficient (Wildman–Crippen LogP) is 2.26. The van der Waals surface area contributed by atoms with Crippen LogP contribution in [0.25, 0.3) is 0 Å². The summed E-state index contributed by atoms with van der Waals surface area (Å²) in [4.78, 5) is 24.4. The Morgan fingerprint density at radius 3 is 2.06 bits per heavy atom. The quantitative estimate of drug-likeness (QED) is 0.549. The fourth-order valence-electron chi connectivity index (χ4n) is 2.87. The van der Waals surface area contributed by atoms with E-state index in [-0.39, 0.29) is 5.92 Å². The highest BCUT2D eigenvalue weighted by Gasteiger charge is 2.54. The first-order valence-corrected chi connectivity index (χ1v) is 7.68. The van der Waals surface area contributed by atoms with E-state index in [1.165, 1.54) is 14.2 Å². The largest absolute Gasteiger partial charge is 0.468 e. The fraction of sp³-hybridized carbons (Fsp3) is 0.846. The summed E-state index contributed by atoms with van der Waals surface area (Å²) in [7, 11) is 2.68. The predicted molar refractivity (Wildman–Crippen MR) is 71.4 cm³/mol. The Balaban J connectivity index is 3.06. The molecule has 0 saturated heterocycles. The van der Waals surface area contributed by atoms with Gasteiger partial charge in [-0.2, -0.15) is 11.8 Å². The van der Waals surface area contributed by atoms with Crippen molar-refractivity contribution in [2.24, 2.45) is 11.3 Å². The maximum atomic E-state index is 12.2. The molecular weight excluding hydrogens is 252 g/mol. The first-order chi connectivity index (χ1) is 8.63. The van der Waals surface area contributed by atoms with E-state index in [0.29, 0.717) is 6.42 Å². The second kappa shape index (κ2) is 7.02. The van der Waals surface area contributed by atoms with Crippen LogP contribution in [0.3, 0.4) is 0 Å². The number of hydrogen-bond acceptors (Lipinski definition) is 5. The average molecular weight is 274 g/mol. The van der Waals surface area contributed by atoms with Gasteiger partial charge in [-0.1, -0.05) is 12.8 Å². The number of carbonyl (C=O) groups is 2. The Labute approximate surface area is 113 Å². The summed E-state index contributed by atoms with van der Waals surface area (Å²) in [6.45, 7) is 0. The third kappa shape index (κ3) is 2.82. The molecule has 0 spiro atoms. The molecule has 0 bridgehead atoms. The number of ether oxygens (including phenoxy) is 2. The number of esters is 2. The standard InChI is InChI=1S/C13H22O4S/c1-16-11(14)13(8-9-18-3,12(15)17-2)10-6-4-5-7-10/h10H,4-9H2,1-3H3. The van der Waals surface area contributed by atoms with Crippen molar-refractivity contribution in [2.75, 3.05) is 26.2 Å². The molecule has 0 N–H and O–H groups in total. The van der Waals surface area contributed by atoms with Crippen molar-refractivity contribution >= 4 is 23.7 Å². The topological polar surface area (TPSA) is 52.6 Å². The van der Waals surface area contributed by atoms with E-state index in [1.54, 1.807) is 11.8 Å². The second-order valence-electron chi connectivity index (χ2n) is 4.68. The minimum Gasteiger partial charge on any atom is -0.468 e. The zero-order chi connectivity index (χ0) is 13.6. The lowest BCUT2D eigenvalue weighted by molar-refractivity contribution is -0.174. The van der Waals surface area contributed by atoms with Crippen molar-refractivity contribution in [2.45, 2.75) is 32.1 Å². The highest BCUT2D eigenvalue weighted by Crippen LogP contribution is 2.44. The fourth-order valence-corrected chi connectivity index (χ4v) is 3.40. The van der Waals surface area contributed by atoms with Crippen LogP contribution in [0.5, 0.6) is 0 Å². The lowest BCUT2D eigenvalue weighted by atomic mass is 9.72. The summed E-state index contributed by atoms with van der Waals surface area (Å²) in [6.07, 6.45) is 6.41. The van der Waals surface area contributed by atoms with Crippen molar-refractivity contribution < 1.29 is 19.1 Å². The van der Waals surface area contributed by atoms with Crippen molar-refractivity contribution in [3.63, 3.8) is 0 Å². The maximum Gasteiger partial charge on any atom is 0.323 e. The zero-order valence-electron chi connectivity index (χ0n) is 11.4. The van der Waals surface area contributed by atoms with Gasteiger partial charge in [0.1, 0.15) is 0 Å². The van der Waals surface area contributed by atoms with Crippen LogP contribution in [-0.2, 0) is 19.1 Å².